The maximum atomic E-state index is 12.2. The predicted molar refractivity (Wildman–Crippen MR) is 75.0 cm³/mol. The first kappa shape index (κ1) is 13.1. The van der Waals surface area contributed by atoms with Crippen molar-refractivity contribution in [3.8, 4) is 0 Å². The van der Waals surface area contributed by atoms with Crippen LogP contribution in [0.5, 0.6) is 0 Å². The number of hydrogen-bond acceptors (Lipinski definition) is 3. The second-order valence-electron chi connectivity index (χ2n) is 5.79. The Labute approximate surface area is 118 Å². The molecule has 2 aliphatic rings. The number of benzene rings is 1. The molecule has 2 heterocycles. The van der Waals surface area contributed by atoms with Crippen LogP contribution in [-0.2, 0) is 11.3 Å². The number of urea groups is 1. The highest BCUT2D eigenvalue weighted by atomic mass is 16.2. The van der Waals surface area contributed by atoms with Crippen LogP contribution >= 0.6 is 0 Å². The third-order valence-corrected chi connectivity index (χ3v) is 4.54. The molecule has 0 aliphatic carbocycles. The monoisotopic (exact) mass is 273 g/mol. The van der Waals surface area contributed by atoms with Gasteiger partial charge in [-0.25, -0.2) is 4.79 Å². The Bertz CT molecular complexity index is 545. The normalized spacial score (nSPS) is 30.3. The molecule has 2 aliphatic heterocycles. The van der Waals surface area contributed by atoms with Gasteiger partial charge >= 0.3 is 6.03 Å². The first-order valence-corrected chi connectivity index (χ1v) is 6.90. The molecule has 0 radical (unpaired) electrons. The molecule has 5 heteroatoms. The first-order chi connectivity index (χ1) is 9.53. The number of carbonyl (C=O) groups is 2. The second-order valence-corrected chi connectivity index (χ2v) is 5.79. The van der Waals surface area contributed by atoms with E-state index in [4.69, 9.17) is 0 Å². The van der Waals surface area contributed by atoms with Crippen molar-refractivity contribution in [1.29, 1.82) is 0 Å². The Morgan fingerprint density at radius 2 is 2.00 bits per heavy atom. The molecule has 2 saturated heterocycles. The highest BCUT2D eigenvalue weighted by Crippen LogP contribution is 2.35. The first-order valence-electron chi connectivity index (χ1n) is 6.90. The fourth-order valence-corrected chi connectivity index (χ4v) is 3.26. The molecular formula is C15H19N3O2. The van der Waals surface area contributed by atoms with Crippen molar-refractivity contribution < 1.29 is 9.59 Å². The molecule has 1 aromatic rings. The van der Waals surface area contributed by atoms with E-state index in [1.807, 2.05) is 18.2 Å². The molecule has 2 fully saturated rings. The van der Waals surface area contributed by atoms with Crippen molar-refractivity contribution in [3.63, 3.8) is 0 Å². The number of amides is 3. The minimum absolute atomic E-state index is 0.160. The molecule has 1 aromatic carbocycles. The summed E-state index contributed by atoms with van der Waals surface area (Å²) < 4.78 is 0. The van der Waals surface area contributed by atoms with E-state index < -0.39 is 5.54 Å². The lowest BCUT2D eigenvalue weighted by molar-refractivity contribution is -0.125. The third kappa shape index (κ3) is 1.89. The van der Waals surface area contributed by atoms with Crippen molar-refractivity contribution in [2.75, 3.05) is 13.6 Å². The zero-order valence-electron chi connectivity index (χ0n) is 11.8. The summed E-state index contributed by atoms with van der Waals surface area (Å²) in [5, 5.41) is 2.43. The van der Waals surface area contributed by atoms with E-state index in [2.05, 4.69) is 29.3 Å². The van der Waals surface area contributed by atoms with Crippen LogP contribution in [0.4, 0.5) is 4.79 Å². The van der Waals surface area contributed by atoms with E-state index in [0.29, 0.717) is 13.0 Å². The van der Waals surface area contributed by atoms with Gasteiger partial charge in [0.2, 0.25) is 0 Å². The summed E-state index contributed by atoms with van der Waals surface area (Å²) in [5.74, 6) is -0.160. The number of rotatable bonds is 2. The summed E-state index contributed by atoms with van der Waals surface area (Å²) in [6.45, 7) is 3.51. The molecule has 3 rings (SSSR count). The lowest BCUT2D eigenvalue weighted by Gasteiger charge is -2.28. The van der Waals surface area contributed by atoms with Crippen LogP contribution in [0.1, 0.15) is 18.9 Å². The topological polar surface area (TPSA) is 52.7 Å². The summed E-state index contributed by atoms with van der Waals surface area (Å²) in [6.07, 6.45) is 0.688. The molecule has 0 bridgehead atoms. The highest BCUT2D eigenvalue weighted by molar-refractivity contribution is 6.07. The Balaban J connectivity index is 1.80. The number of nitrogens with one attached hydrogen (secondary N) is 1. The van der Waals surface area contributed by atoms with Gasteiger partial charge in [-0.15, -0.1) is 0 Å². The highest BCUT2D eigenvalue weighted by Gasteiger charge is 2.56. The van der Waals surface area contributed by atoms with Crippen LogP contribution in [0.2, 0.25) is 0 Å². The number of nitrogens with zero attached hydrogens (tertiary/aromatic N) is 2. The average molecular weight is 273 g/mol. The van der Waals surface area contributed by atoms with Gasteiger partial charge in [-0.2, -0.15) is 0 Å². The molecule has 1 N–H and O–H groups in total. The van der Waals surface area contributed by atoms with Gasteiger partial charge in [0.1, 0.15) is 5.54 Å². The van der Waals surface area contributed by atoms with Gasteiger partial charge in [0.25, 0.3) is 5.91 Å². The number of hydrogen-bond donors (Lipinski definition) is 1. The van der Waals surface area contributed by atoms with Gasteiger partial charge in [0.15, 0.2) is 0 Å². The van der Waals surface area contributed by atoms with E-state index in [1.165, 1.54) is 5.56 Å². The van der Waals surface area contributed by atoms with Gasteiger partial charge in [0, 0.05) is 26.2 Å². The number of imide groups is 1. The Morgan fingerprint density at radius 3 is 2.60 bits per heavy atom. The molecule has 0 aromatic heterocycles. The fraction of sp³-hybridized carbons (Fsp3) is 0.467. The van der Waals surface area contributed by atoms with Crippen molar-refractivity contribution in [2.45, 2.75) is 31.5 Å². The van der Waals surface area contributed by atoms with Gasteiger partial charge in [-0.1, -0.05) is 30.3 Å². The van der Waals surface area contributed by atoms with Crippen LogP contribution in [0.15, 0.2) is 30.3 Å². The van der Waals surface area contributed by atoms with Crippen LogP contribution in [0.25, 0.3) is 0 Å². The minimum Gasteiger partial charge on any atom is -0.311 e. The molecule has 20 heavy (non-hydrogen) atoms. The fourth-order valence-electron chi connectivity index (χ4n) is 3.26. The molecular weight excluding hydrogens is 254 g/mol. The molecule has 2 atom stereocenters. The van der Waals surface area contributed by atoms with Crippen LogP contribution in [-0.4, -0.2) is 46.9 Å². The summed E-state index contributed by atoms with van der Waals surface area (Å²) in [7, 11) is 1.71. The molecule has 3 amide bonds. The number of carbonyl (C=O) groups excluding carboxylic acids is 2. The Hall–Kier alpha value is -1.88. The molecule has 106 valence electrons. The van der Waals surface area contributed by atoms with E-state index in [0.717, 1.165) is 6.54 Å². The average Bonchev–Trinajstić information content (AvgIpc) is 2.86. The molecule has 1 unspecified atom stereocenters. The van der Waals surface area contributed by atoms with Gasteiger partial charge in [-0.3, -0.25) is 15.0 Å². The SMILES string of the molecule is C[C@@H]1CC2(CN1Cc1ccccc1)C(=O)NC(=O)N2C. The van der Waals surface area contributed by atoms with Crippen molar-refractivity contribution in [3.05, 3.63) is 35.9 Å². The Morgan fingerprint density at radius 1 is 1.30 bits per heavy atom. The lowest BCUT2D eigenvalue weighted by Crippen LogP contribution is -2.49. The summed E-state index contributed by atoms with van der Waals surface area (Å²) in [6, 6.07) is 10.2. The maximum Gasteiger partial charge on any atom is 0.324 e. The quantitative estimate of drug-likeness (QED) is 0.824. The van der Waals surface area contributed by atoms with E-state index in [-0.39, 0.29) is 18.0 Å². The van der Waals surface area contributed by atoms with E-state index >= 15 is 0 Å². The van der Waals surface area contributed by atoms with Crippen molar-refractivity contribution in [2.24, 2.45) is 0 Å². The summed E-state index contributed by atoms with van der Waals surface area (Å²) >= 11 is 0. The summed E-state index contributed by atoms with van der Waals surface area (Å²) in [5.41, 5.74) is 0.537. The minimum atomic E-state index is -0.689. The standard InChI is InChI=1S/C15H19N3O2/c1-11-8-15(13(19)16-14(20)17(15)2)10-18(11)9-12-6-4-3-5-7-12/h3-7,11H,8-10H2,1-2H3,(H,16,19,20)/t11-,15?/m1/s1. The number of likely N-dealkylation sites (tertiary alicyclic amines) is 1. The molecule has 1 spiro atoms. The van der Waals surface area contributed by atoms with Gasteiger partial charge < -0.3 is 4.90 Å². The third-order valence-electron chi connectivity index (χ3n) is 4.54. The lowest BCUT2D eigenvalue weighted by atomic mass is 9.95. The smallest absolute Gasteiger partial charge is 0.311 e. The predicted octanol–water partition coefficient (Wildman–Crippen LogP) is 1.20. The van der Waals surface area contributed by atoms with E-state index in [9.17, 15) is 9.59 Å². The zero-order chi connectivity index (χ0) is 14.3. The van der Waals surface area contributed by atoms with E-state index in [1.54, 1.807) is 11.9 Å². The maximum absolute atomic E-state index is 12.2. The van der Waals surface area contributed by atoms with Crippen molar-refractivity contribution in [1.82, 2.24) is 15.1 Å². The van der Waals surface area contributed by atoms with Crippen LogP contribution in [0, 0.1) is 0 Å². The Kier molecular flexibility index (Phi) is 3.01. The van der Waals surface area contributed by atoms with Gasteiger partial charge in [0.05, 0.1) is 0 Å². The largest absolute Gasteiger partial charge is 0.324 e. The van der Waals surface area contributed by atoms with Crippen LogP contribution < -0.4 is 5.32 Å². The van der Waals surface area contributed by atoms with Crippen molar-refractivity contribution >= 4 is 11.9 Å². The number of likely N-dealkylation sites (N-methyl/N-ethyl adjacent to an activating group) is 1. The van der Waals surface area contributed by atoms with Gasteiger partial charge in [-0.05, 0) is 18.9 Å². The summed E-state index contributed by atoms with van der Waals surface area (Å²) in [4.78, 5) is 27.7. The second kappa shape index (κ2) is 4.59. The molecule has 5 nitrogen and oxygen atoms in total. The zero-order valence-corrected chi connectivity index (χ0v) is 11.8. The molecule has 0 saturated carbocycles. The van der Waals surface area contributed by atoms with Crippen LogP contribution in [0.3, 0.4) is 0 Å².